The SMILES string of the molecule is CCC1CCCN(C(C)c2nnc(-c3cccs3)o2)C1. The molecule has 4 nitrogen and oxygen atoms in total. The summed E-state index contributed by atoms with van der Waals surface area (Å²) in [5, 5.41) is 10.5. The lowest BCUT2D eigenvalue weighted by Gasteiger charge is -2.34. The summed E-state index contributed by atoms with van der Waals surface area (Å²) in [6.07, 6.45) is 3.88. The highest BCUT2D eigenvalue weighted by atomic mass is 32.1. The van der Waals surface area contributed by atoms with Crippen LogP contribution in [-0.2, 0) is 0 Å². The van der Waals surface area contributed by atoms with E-state index >= 15 is 0 Å². The number of hydrogen-bond acceptors (Lipinski definition) is 5. The average molecular weight is 291 g/mol. The fourth-order valence-electron chi connectivity index (χ4n) is 2.84. The maximum absolute atomic E-state index is 5.86. The molecule has 3 heterocycles. The molecule has 3 rings (SSSR count). The fourth-order valence-corrected chi connectivity index (χ4v) is 3.49. The Morgan fingerprint density at radius 2 is 2.40 bits per heavy atom. The van der Waals surface area contributed by atoms with Crippen molar-refractivity contribution in [1.82, 2.24) is 15.1 Å². The zero-order chi connectivity index (χ0) is 13.9. The molecule has 1 aliphatic heterocycles. The van der Waals surface area contributed by atoms with E-state index in [4.69, 9.17) is 4.42 Å². The summed E-state index contributed by atoms with van der Waals surface area (Å²) in [5.41, 5.74) is 0. The van der Waals surface area contributed by atoms with Gasteiger partial charge in [-0.25, -0.2) is 0 Å². The number of likely N-dealkylation sites (tertiary alicyclic amines) is 1. The van der Waals surface area contributed by atoms with Crippen LogP contribution in [0.5, 0.6) is 0 Å². The van der Waals surface area contributed by atoms with Crippen molar-refractivity contribution in [3.8, 4) is 10.8 Å². The van der Waals surface area contributed by atoms with Gasteiger partial charge in [-0.05, 0) is 43.7 Å². The monoisotopic (exact) mass is 291 g/mol. The van der Waals surface area contributed by atoms with Gasteiger partial charge in [0.1, 0.15) is 0 Å². The van der Waals surface area contributed by atoms with Gasteiger partial charge in [0.05, 0.1) is 10.9 Å². The Hall–Kier alpha value is -1.20. The summed E-state index contributed by atoms with van der Waals surface area (Å²) in [4.78, 5) is 3.52. The summed E-state index contributed by atoms with van der Waals surface area (Å²) in [7, 11) is 0. The molecule has 2 aromatic heterocycles. The molecule has 2 aromatic rings. The Bertz CT molecular complexity index is 537. The van der Waals surface area contributed by atoms with Crippen LogP contribution in [0.4, 0.5) is 0 Å². The molecule has 5 heteroatoms. The van der Waals surface area contributed by atoms with Gasteiger partial charge >= 0.3 is 0 Å². The van der Waals surface area contributed by atoms with Gasteiger partial charge in [0.2, 0.25) is 5.89 Å². The summed E-state index contributed by atoms with van der Waals surface area (Å²) >= 11 is 1.63. The van der Waals surface area contributed by atoms with Crippen LogP contribution < -0.4 is 0 Å². The first-order valence-corrected chi connectivity index (χ1v) is 8.27. The van der Waals surface area contributed by atoms with Crippen LogP contribution in [-0.4, -0.2) is 28.2 Å². The largest absolute Gasteiger partial charge is 0.418 e. The molecule has 108 valence electrons. The van der Waals surface area contributed by atoms with E-state index in [9.17, 15) is 0 Å². The lowest BCUT2D eigenvalue weighted by atomic mass is 9.95. The molecule has 0 amide bonds. The number of thiophene rings is 1. The number of hydrogen-bond donors (Lipinski definition) is 0. The molecule has 0 bridgehead atoms. The molecule has 20 heavy (non-hydrogen) atoms. The molecule has 0 spiro atoms. The second-order valence-electron chi connectivity index (χ2n) is 5.51. The zero-order valence-corrected chi connectivity index (χ0v) is 12.9. The van der Waals surface area contributed by atoms with Gasteiger partial charge in [-0.15, -0.1) is 21.5 Å². The van der Waals surface area contributed by atoms with Crippen LogP contribution in [0, 0.1) is 5.92 Å². The van der Waals surface area contributed by atoms with Gasteiger partial charge in [0.15, 0.2) is 0 Å². The highest BCUT2D eigenvalue weighted by Crippen LogP contribution is 2.30. The van der Waals surface area contributed by atoms with E-state index in [1.54, 1.807) is 11.3 Å². The summed E-state index contributed by atoms with van der Waals surface area (Å²) in [6, 6.07) is 4.23. The highest BCUT2D eigenvalue weighted by Gasteiger charge is 2.26. The number of nitrogens with zero attached hydrogens (tertiary/aromatic N) is 3. The van der Waals surface area contributed by atoms with Crippen molar-refractivity contribution in [2.24, 2.45) is 5.92 Å². The van der Waals surface area contributed by atoms with Crippen molar-refractivity contribution in [2.75, 3.05) is 13.1 Å². The minimum absolute atomic E-state index is 0.213. The van der Waals surface area contributed by atoms with E-state index in [0.29, 0.717) is 5.89 Å². The maximum Gasteiger partial charge on any atom is 0.257 e. The zero-order valence-electron chi connectivity index (χ0n) is 12.1. The lowest BCUT2D eigenvalue weighted by Crippen LogP contribution is -2.37. The van der Waals surface area contributed by atoms with Gasteiger partial charge in [-0.2, -0.15) is 0 Å². The quantitative estimate of drug-likeness (QED) is 0.854. The molecule has 0 N–H and O–H groups in total. The van der Waals surface area contributed by atoms with Crippen LogP contribution in [0.1, 0.15) is 45.0 Å². The maximum atomic E-state index is 5.86. The van der Waals surface area contributed by atoms with Crippen molar-refractivity contribution in [3.05, 3.63) is 23.4 Å². The van der Waals surface area contributed by atoms with E-state index < -0.39 is 0 Å². The standard InChI is InChI=1S/C15H21N3OS/c1-3-12-6-4-8-18(10-12)11(2)14-16-17-15(19-14)13-7-5-9-20-13/h5,7,9,11-12H,3-4,6,8,10H2,1-2H3. The molecule has 1 saturated heterocycles. The Morgan fingerprint density at radius 1 is 1.50 bits per heavy atom. The first kappa shape index (κ1) is 13.8. The number of aromatic nitrogens is 2. The summed E-state index contributed by atoms with van der Waals surface area (Å²) in [5.74, 6) is 2.20. The second kappa shape index (κ2) is 6.06. The summed E-state index contributed by atoms with van der Waals surface area (Å²) in [6.45, 7) is 6.73. The van der Waals surface area contributed by atoms with E-state index in [1.807, 2.05) is 17.5 Å². The third kappa shape index (κ3) is 2.79. The van der Waals surface area contributed by atoms with Crippen LogP contribution in [0.3, 0.4) is 0 Å². The minimum atomic E-state index is 0.213. The molecular weight excluding hydrogens is 270 g/mol. The van der Waals surface area contributed by atoms with Crippen LogP contribution >= 0.6 is 11.3 Å². The van der Waals surface area contributed by atoms with Crippen LogP contribution in [0.2, 0.25) is 0 Å². The lowest BCUT2D eigenvalue weighted by molar-refractivity contribution is 0.114. The van der Waals surface area contributed by atoms with Crippen LogP contribution in [0.15, 0.2) is 21.9 Å². The number of piperidine rings is 1. The van der Waals surface area contributed by atoms with Gasteiger partial charge in [-0.1, -0.05) is 19.4 Å². The first-order valence-electron chi connectivity index (χ1n) is 7.39. The number of rotatable bonds is 4. The van der Waals surface area contributed by atoms with E-state index in [1.165, 1.54) is 19.3 Å². The van der Waals surface area contributed by atoms with Gasteiger partial charge in [0.25, 0.3) is 5.89 Å². The van der Waals surface area contributed by atoms with Crippen molar-refractivity contribution in [3.63, 3.8) is 0 Å². The van der Waals surface area contributed by atoms with E-state index in [-0.39, 0.29) is 6.04 Å². The van der Waals surface area contributed by atoms with Crippen molar-refractivity contribution >= 4 is 11.3 Å². The Kier molecular flexibility index (Phi) is 4.17. The molecule has 2 unspecified atom stereocenters. The molecule has 1 aliphatic rings. The fraction of sp³-hybridized carbons (Fsp3) is 0.600. The van der Waals surface area contributed by atoms with E-state index in [2.05, 4.69) is 28.9 Å². The first-order chi connectivity index (χ1) is 9.78. The molecule has 0 aliphatic carbocycles. The molecule has 0 saturated carbocycles. The molecule has 0 radical (unpaired) electrons. The minimum Gasteiger partial charge on any atom is -0.418 e. The normalized spacial score (nSPS) is 22.0. The van der Waals surface area contributed by atoms with Gasteiger partial charge in [0, 0.05) is 6.54 Å². The molecular formula is C15H21N3OS. The predicted octanol–water partition coefficient (Wildman–Crippen LogP) is 3.98. The highest BCUT2D eigenvalue weighted by molar-refractivity contribution is 7.13. The van der Waals surface area contributed by atoms with Gasteiger partial charge in [-0.3, -0.25) is 4.90 Å². The van der Waals surface area contributed by atoms with Crippen LogP contribution in [0.25, 0.3) is 10.8 Å². The molecule has 0 aromatic carbocycles. The smallest absolute Gasteiger partial charge is 0.257 e. The Morgan fingerprint density at radius 3 is 3.15 bits per heavy atom. The molecule has 1 fully saturated rings. The van der Waals surface area contributed by atoms with Crippen molar-refractivity contribution in [1.29, 1.82) is 0 Å². The molecule has 2 atom stereocenters. The predicted molar refractivity (Wildman–Crippen MR) is 80.6 cm³/mol. The Balaban J connectivity index is 1.72. The Labute approximate surface area is 123 Å². The second-order valence-corrected chi connectivity index (χ2v) is 6.46. The average Bonchev–Trinajstić information content (AvgIpc) is 3.17. The van der Waals surface area contributed by atoms with Crippen molar-refractivity contribution < 1.29 is 4.42 Å². The topological polar surface area (TPSA) is 42.2 Å². The summed E-state index contributed by atoms with van der Waals surface area (Å²) < 4.78 is 5.86. The van der Waals surface area contributed by atoms with Gasteiger partial charge < -0.3 is 4.42 Å². The van der Waals surface area contributed by atoms with Crippen molar-refractivity contribution in [2.45, 2.75) is 39.2 Å². The third-order valence-electron chi connectivity index (χ3n) is 4.21. The van der Waals surface area contributed by atoms with E-state index in [0.717, 1.165) is 29.8 Å². The third-order valence-corrected chi connectivity index (χ3v) is 5.06.